The average molecular weight is 296 g/mol. The van der Waals surface area contributed by atoms with Crippen molar-refractivity contribution >= 4 is 13.0 Å². The molecule has 0 bridgehead atoms. The van der Waals surface area contributed by atoms with Crippen LogP contribution in [0.4, 0.5) is 4.39 Å². The first kappa shape index (κ1) is 17.6. The number of carbonyl (C=O) groups excluding carboxylic acids is 1. The first-order chi connectivity index (χ1) is 9.79. The summed E-state index contributed by atoms with van der Waals surface area (Å²) < 4.78 is 13.1. The van der Waals surface area contributed by atoms with E-state index in [1.54, 1.807) is 12.1 Å². The van der Waals surface area contributed by atoms with Crippen molar-refractivity contribution in [2.45, 2.75) is 38.7 Å². The third-order valence-electron chi connectivity index (χ3n) is 3.09. The Labute approximate surface area is 124 Å². The molecule has 0 saturated carbocycles. The van der Waals surface area contributed by atoms with Crippen LogP contribution in [-0.4, -0.2) is 35.1 Å². The van der Waals surface area contributed by atoms with Gasteiger partial charge in [0.1, 0.15) is 5.82 Å². The van der Waals surface area contributed by atoms with Gasteiger partial charge in [0.25, 0.3) is 0 Å². The second-order valence-corrected chi connectivity index (χ2v) is 5.60. The van der Waals surface area contributed by atoms with Gasteiger partial charge in [-0.3, -0.25) is 4.79 Å². The Hall–Kier alpha value is -1.44. The third-order valence-corrected chi connectivity index (χ3v) is 3.09. The number of rotatable bonds is 7. The summed E-state index contributed by atoms with van der Waals surface area (Å²) in [6, 6.07) is 4.99. The molecular weight excluding hydrogens is 274 g/mol. The molecule has 1 rings (SSSR count). The van der Waals surface area contributed by atoms with Crippen LogP contribution in [0.5, 0.6) is 0 Å². The Kier molecular flexibility index (Phi) is 6.81. The van der Waals surface area contributed by atoms with E-state index in [1.165, 1.54) is 12.1 Å². The van der Waals surface area contributed by atoms with E-state index >= 15 is 0 Å². The molecule has 21 heavy (non-hydrogen) atoms. The maximum atomic E-state index is 13.1. The molecule has 116 valence electrons. The fourth-order valence-corrected chi connectivity index (χ4v) is 2.06. The highest BCUT2D eigenvalue weighted by Gasteiger charge is 2.27. The minimum Gasteiger partial charge on any atom is -0.426 e. The van der Waals surface area contributed by atoms with Gasteiger partial charge in [-0.25, -0.2) is 4.39 Å². The molecule has 0 aliphatic heterocycles. The summed E-state index contributed by atoms with van der Waals surface area (Å²) >= 11 is 0. The molecule has 1 aromatic rings. The van der Waals surface area contributed by atoms with Gasteiger partial charge in [0.15, 0.2) is 0 Å². The molecule has 0 radical (unpaired) electrons. The molecule has 0 unspecified atom stereocenters. The molecule has 0 aliphatic carbocycles. The van der Waals surface area contributed by atoms with Crippen LogP contribution in [0.15, 0.2) is 24.3 Å². The number of hydrogen-bond donors (Lipinski definition) is 4. The summed E-state index contributed by atoms with van der Waals surface area (Å²) in [5, 5.41) is 21.1. The predicted molar refractivity (Wildman–Crippen MR) is 79.7 cm³/mol. The normalized spacial score (nSPS) is 13.9. The maximum Gasteiger partial charge on any atom is 0.475 e. The van der Waals surface area contributed by atoms with Gasteiger partial charge in [-0.1, -0.05) is 26.0 Å². The first-order valence-electron chi connectivity index (χ1n) is 6.96. The lowest BCUT2D eigenvalue weighted by Gasteiger charge is -2.21. The van der Waals surface area contributed by atoms with Gasteiger partial charge in [-0.2, -0.15) is 0 Å². The van der Waals surface area contributed by atoms with Gasteiger partial charge in [0, 0.05) is 0 Å². The Morgan fingerprint density at radius 2 is 2.10 bits per heavy atom. The molecule has 2 atom stereocenters. The van der Waals surface area contributed by atoms with Gasteiger partial charge >= 0.3 is 7.12 Å². The third kappa shape index (κ3) is 6.24. The lowest BCUT2D eigenvalue weighted by molar-refractivity contribution is -0.122. The van der Waals surface area contributed by atoms with Crippen LogP contribution in [0.2, 0.25) is 0 Å². The van der Waals surface area contributed by atoms with Gasteiger partial charge < -0.3 is 21.1 Å². The fourth-order valence-electron chi connectivity index (χ4n) is 2.06. The largest absolute Gasteiger partial charge is 0.475 e. The zero-order valence-electron chi connectivity index (χ0n) is 12.3. The minimum absolute atomic E-state index is 0.180. The molecule has 7 heteroatoms. The Balaban J connectivity index is 2.60. The van der Waals surface area contributed by atoms with Crippen LogP contribution in [0.25, 0.3) is 0 Å². The highest BCUT2D eigenvalue weighted by atomic mass is 19.1. The molecule has 0 saturated heterocycles. The van der Waals surface area contributed by atoms with Gasteiger partial charge in [-0.15, -0.1) is 0 Å². The van der Waals surface area contributed by atoms with Crippen LogP contribution < -0.4 is 11.1 Å². The number of carbonyl (C=O) groups is 1. The number of nitrogens with one attached hydrogen (secondary N) is 1. The molecular formula is C14H22BFN2O3. The lowest BCUT2D eigenvalue weighted by Crippen LogP contribution is -2.52. The topological polar surface area (TPSA) is 95.6 Å². The van der Waals surface area contributed by atoms with Crippen LogP contribution in [0.1, 0.15) is 25.8 Å². The number of halogens is 1. The van der Waals surface area contributed by atoms with E-state index in [4.69, 9.17) is 5.73 Å². The second-order valence-electron chi connectivity index (χ2n) is 5.60. The second kappa shape index (κ2) is 8.12. The highest BCUT2D eigenvalue weighted by molar-refractivity contribution is 6.43. The van der Waals surface area contributed by atoms with E-state index in [0.717, 1.165) is 0 Å². The fraction of sp³-hybridized carbons (Fsp3) is 0.500. The Morgan fingerprint density at radius 3 is 2.62 bits per heavy atom. The molecule has 0 heterocycles. The maximum absolute atomic E-state index is 13.1. The molecule has 1 aromatic carbocycles. The van der Waals surface area contributed by atoms with Crippen molar-refractivity contribution in [3.63, 3.8) is 0 Å². The summed E-state index contributed by atoms with van der Waals surface area (Å²) in [6.07, 6.45) is 0.607. The summed E-state index contributed by atoms with van der Waals surface area (Å²) in [5.74, 6) is -1.45. The number of hydrogen-bond acceptors (Lipinski definition) is 4. The molecule has 0 fully saturated rings. The Morgan fingerprint density at radius 1 is 1.43 bits per heavy atom. The molecule has 5 nitrogen and oxygen atoms in total. The van der Waals surface area contributed by atoms with Crippen molar-refractivity contribution < 1.29 is 19.2 Å². The van der Waals surface area contributed by atoms with E-state index in [-0.39, 0.29) is 18.2 Å². The number of nitrogens with two attached hydrogens (primary N) is 1. The van der Waals surface area contributed by atoms with Crippen molar-refractivity contribution in [2.24, 2.45) is 11.7 Å². The van der Waals surface area contributed by atoms with E-state index < -0.39 is 25.0 Å². The summed E-state index contributed by atoms with van der Waals surface area (Å²) in [4.78, 5) is 12.0. The van der Waals surface area contributed by atoms with Crippen molar-refractivity contribution in [2.75, 3.05) is 0 Å². The minimum atomic E-state index is -1.64. The lowest BCUT2D eigenvalue weighted by atomic mass is 9.75. The van der Waals surface area contributed by atoms with E-state index in [9.17, 15) is 19.2 Å². The van der Waals surface area contributed by atoms with Crippen LogP contribution in [0, 0.1) is 11.7 Å². The molecule has 0 spiro atoms. The monoisotopic (exact) mass is 296 g/mol. The van der Waals surface area contributed by atoms with Crippen LogP contribution in [-0.2, 0) is 11.2 Å². The van der Waals surface area contributed by atoms with Gasteiger partial charge in [0.2, 0.25) is 5.91 Å². The molecule has 5 N–H and O–H groups in total. The average Bonchev–Trinajstić information content (AvgIpc) is 2.37. The summed E-state index contributed by atoms with van der Waals surface area (Å²) in [7, 11) is -1.64. The van der Waals surface area contributed by atoms with Gasteiger partial charge in [0.05, 0.1) is 12.0 Å². The summed E-state index contributed by atoms with van der Waals surface area (Å²) in [6.45, 7) is 3.82. The van der Waals surface area contributed by atoms with Crippen LogP contribution in [0.3, 0.4) is 0 Å². The summed E-state index contributed by atoms with van der Waals surface area (Å²) in [5.41, 5.74) is 6.39. The SMILES string of the molecule is CC(C)C[C@H](NC(=O)[C@@H](N)Cc1cccc(F)c1)B(O)O. The number of amides is 1. The molecule has 1 amide bonds. The van der Waals surface area contributed by atoms with Crippen molar-refractivity contribution in [3.05, 3.63) is 35.6 Å². The van der Waals surface area contributed by atoms with E-state index in [2.05, 4.69) is 5.32 Å². The van der Waals surface area contributed by atoms with E-state index in [0.29, 0.717) is 12.0 Å². The van der Waals surface area contributed by atoms with Crippen molar-refractivity contribution in [1.82, 2.24) is 5.32 Å². The van der Waals surface area contributed by atoms with Crippen LogP contribution >= 0.6 is 0 Å². The zero-order chi connectivity index (χ0) is 16.0. The zero-order valence-corrected chi connectivity index (χ0v) is 12.3. The van der Waals surface area contributed by atoms with E-state index in [1.807, 2.05) is 13.8 Å². The smallest absolute Gasteiger partial charge is 0.426 e. The van der Waals surface area contributed by atoms with Crippen molar-refractivity contribution in [3.8, 4) is 0 Å². The number of benzene rings is 1. The quantitative estimate of drug-likeness (QED) is 0.542. The highest BCUT2D eigenvalue weighted by Crippen LogP contribution is 2.08. The Bertz CT molecular complexity index is 471. The molecule has 0 aromatic heterocycles. The van der Waals surface area contributed by atoms with Gasteiger partial charge in [-0.05, 0) is 36.5 Å². The molecule has 0 aliphatic rings. The standard InChI is InChI=1S/C14H22BFN2O3/c1-9(2)6-13(15(20)21)18-14(19)12(17)8-10-4-3-5-11(16)7-10/h3-5,7,9,12-13,20-21H,6,8,17H2,1-2H3,(H,18,19)/t12-,13-/m0/s1. The van der Waals surface area contributed by atoms with Crippen molar-refractivity contribution in [1.29, 1.82) is 0 Å². The predicted octanol–water partition coefficient (Wildman–Crippen LogP) is 0.238. The first-order valence-corrected chi connectivity index (χ1v) is 6.96.